The Morgan fingerprint density at radius 2 is 1.81 bits per heavy atom. The molecule has 2 N–H and O–H groups in total. The second-order valence-electron chi connectivity index (χ2n) is 9.18. The SMILES string of the molecule is CCNC(=O)Cn1cc2cc(Nc3nc(=O)n(Cc4ncn(C)n4)c(=O)n3Cc3cc(F)c(F)c(Cl)c3)c(Cl)cc2n1. The number of halogens is 4. The molecular weight excluding hydrogens is 597 g/mol. The quantitative estimate of drug-likeness (QED) is 0.239. The topological polar surface area (TPSA) is 147 Å². The number of nitrogens with zero attached hydrogens (tertiary/aromatic N) is 8. The van der Waals surface area contributed by atoms with Crippen LogP contribution in [0.3, 0.4) is 0 Å². The molecule has 0 spiro atoms. The van der Waals surface area contributed by atoms with Gasteiger partial charge in [0, 0.05) is 25.2 Å². The molecule has 218 valence electrons. The molecule has 0 aliphatic rings. The van der Waals surface area contributed by atoms with E-state index >= 15 is 0 Å². The molecule has 3 heterocycles. The summed E-state index contributed by atoms with van der Waals surface area (Å²) in [5.74, 6) is -2.71. The number of carbonyl (C=O) groups excluding carboxylic acids is 1. The minimum Gasteiger partial charge on any atom is -0.355 e. The van der Waals surface area contributed by atoms with Crippen molar-refractivity contribution in [2.24, 2.45) is 7.05 Å². The lowest BCUT2D eigenvalue weighted by Gasteiger charge is -2.16. The number of carbonyl (C=O) groups is 1. The van der Waals surface area contributed by atoms with Crippen molar-refractivity contribution >= 4 is 51.6 Å². The first-order chi connectivity index (χ1) is 20.0. The average molecular weight is 619 g/mol. The summed E-state index contributed by atoms with van der Waals surface area (Å²) in [6.45, 7) is 1.64. The van der Waals surface area contributed by atoms with E-state index in [2.05, 4.69) is 30.8 Å². The number of nitrogens with one attached hydrogen (secondary N) is 2. The third kappa shape index (κ3) is 6.01. The normalized spacial score (nSPS) is 11.3. The minimum absolute atomic E-state index is 0.00978. The molecule has 17 heteroatoms. The minimum atomic E-state index is -1.23. The average Bonchev–Trinajstić information content (AvgIpc) is 3.51. The lowest BCUT2D eigenvalue weighted by molar-refractivity contribution is -0.121. The highest BCUT2D eigenvalue weighted by molar-refractivity contribution is 6.34. The maximum Gasteiger partial charge on any atom is 0.355 e. The molecule has 5 aromatic rings. The highest BCUT2D eigenvalue weighted by Crippen LogP contribution is 2.29. The van der Waals surface area contributed by atoms with Crippen molar-refractivity contribution in [1.29, 1.82) is 0 Å². The zero-order valence-electron chi connectivity index (χ0n) is 22.1. The van der Waals surface area contributed by atoms with Crippen LogP contribution in [-0.4, -0.2) is 51.1 Å². The number of hydrogen-bond donors (Lipinski definition) is 2. The molecule has 0 unspecified atom stereocenters. The number of anilines is 2. The van der Waals surface area contributed by atoms with E-state index in [1.165, 1.54) is 15.7 Å². The molecule has 0 aliphatic carbocycles. The van der Waals surface area contributed by atoms with Crippen LogP contribution in [0.4, 0.5) is 20.4 Å². The van der Waals surface area contributed by atoms with Crippen LogP contribution in [0.5, 0.6) is 0 Å². The van der Waals surface area contributed by atoms with Gasteiger partial charge in [-0.15, -0.1) is 0 Å². The number of fused-ring (bicyclic) bond motifs is 1. The van der Waals surface area contributed by atoms with Crippen LogP contribution < -0.4 is 22.0 Å². The highest BCUT2D eigenvalue weighted by Gasteiger charge is 2.19. The molecule has 2 aromatic carbocycles. The van der Waals surface area contributed by atoms with Crippen molar-refractivity contribution in [3.8, 4) is 0 Å². The molecule has 0 aliphatic heterocycles. The highest BCUT2D eigenvalue weighted by atomic mass is 35.5. The Morgan fingerprint density at radius 1 is 1.02 bits per heavy atom. The predicted octanol–water partition coefficient (Wildman–Crippen LogP) is 2.44. The Bertz CT molecular complexity index is 1930. The van der Waals surface area contributed by atoms with Gasteiger partial charge in [0.25, 0.3) is 0 Å². The van der Waals surface area contributed by atoms with Crippen molar-refractivity contribution < 1.29 is 13.6 Å². The van der Waals surface area contributed by atoms with E-state index in [0.29, 0.717) is 17.4 Å². The summed E-state index contributed by atoms with van der Waals surface area (Å²) in [4.78, 5) is 46.7. The molecule has 1 amide bonds. The summed E-state index contributed by atoms with van der Waals surface area (Å²) in [5.41, 5.74) is -0.872. The van der Waals surface area contributed by atoms with E-state index in [0.717, 1.165) is 21.3 Å². The Hall–Kier alpha value is -4.63. The van der Waals surface area contributed by atoms with E-state index in [4.69, 9.17) is 23.2 Å². The maximum absolute atomic E-state index is 14.1. The van der Waals surface area contributed by atoms with Crippen LogP contribution in [-0.2, 0) is 31.5 Å². The van der Waals surface area contributed by atoms with Crippen LogP contribution in [0, 0.1) is 11.6 Å². The van der Waals surface area contributed by atoms with Crippen molar-refractivity contribution in [3.05, 3.63) is 90.8 Å². The maximum atomic E-state index is 14.1. The summed E-state index contributed by atoms with van der Waals surface area (Å²) >= 11 is 12.3. The monoisotopic (exact) mass is 618 g/mol. The van der Waals surface area contributed by atoms with Gasteiger partial charge in [-0.25, -0.2) is 27.9 Å². The van der Waals surface area contributed by atoms with Gasteiger partial charge >= 0.3 is 11.4 Å². The van der Waals surface area contributed by atoms with Gasteiger partial charge in [-0.05, 0) is 36.8 Å². The fraction of sp³-hybridized carbons (Fsp3) is 0.240. The molecule has 3 aromatic heterocycles. The second-order valence-corrected chi connectivity index (χ2v) is 9.99. The Morgan fingerprint density at radius 3 is 2.50 bits per heavy atom. The standard InChI is InChI=1S/C25H22Cl2F2N10O3/c1-3-30-21(40)11-37-9-14-6-19(15(26)7-18(14)34-37)32-23-33-24(41)39(10-20-31-12-36(2)35-20)25(42)38(23)8-13-4-16(27)22(29)17(28)5-13/h4-7,9,12H,3,8,10-11H2,1-2H3,(H,30,40)(H,32,33,41). The van der Waals surface area contributed by atoms with Crippen LogP contribution in [0.15, 0.2) is 46.4 Å². The molecule has 0 atom stereocenters. The summed E-state index contributed by atoms with van der Waals surface area (Å²) in [7, 11) is 1.62. The van der Waals surface area contributed by atoms with Gasteiger partial charge in [-0.3, -0.25) is 18.7 Å². The summed E-state index contributed by atoms with van der Waals surface area (Å²) < 4.78 is 32.7. The predicted molar refractivity (Wildman–Crippen MR) is 150 cm³/mol. The Kier molecular flexibility index (Phi) is 8.04. The first-order valence-corrected chi connectivity index (χ1v) is 13.2. The van der Waals surface area contributed by atoms with E-state index in [9.17, 15) is 23.2 Å². The first-order valence-electron chi connectivity index (χ1n) is 12.4. The number of benzene rings is 2. The number of amides is 1. The molecule has 5 rings (SSSR count). The van der Waals surface area contributed by atoms with Gasteiger partial charge in [0.1, 0.15) is 12.9 Å². The van der Waals surface area contributed by atoms with Gasteiger partial charge in [0.2, 0.25) is 11.9 Å². The van der Waals surface area contributed by atoms with Gasteiger partial charge in [0.15, 0.2) is 17.5 Å². The largest absolute Gasteiger partial charge is 0.355 e. The number of hydrogen-bond acceptors (Lipinski definition) is 8. The van der Waals surface area contributed by atoms with Gasteiger partial charge < -0.3 is 10.6 Å². The van der Waals surface area contributed by atoms with E-state index in [1.807, 2.05) is 0 Å². The van der Waals surface area contributed by atoms with Crippen LogP contribution in [0.2, 0.25) is 10.0 Å². The first kappa shape index (κ1) is 28.9. The molecule has 0 radical (unpaired) electrons. The van der Waals surface area contributed by atoms with Crippen molar-refractivity contribution in [1.82, 2.24) is 44.0 Å². The van der Waals surface area contributed by atoms with Crippen LogP contribution in [0.25, 0.3) is 10.9 Å². The smallest absolute Gasteiger partial charge is 0.355 e. The summed E-state index contributed by atoms with van der Waals surface area (Å²) in [6.07, 6.45) is 3.04. The number of aryl methyl sites for hydroxylation is 1. The van der Waals surface area contributed by atoms with E-state index < -0.39 is 28.0 Å². The molecule has 0 saturated carbocycles. The Labute approximate surface area is 245 Å². The number of likely N-dealkylation sites (N-methyl/N-ethyl adjacent to an activating group) is 1. The van der Waals surface area contributed by atoms with Crippen LogP contribution >= 0.6 is 23.2 Å². The third-order valence-electron chi connectivity index (χ3n) is 6.05. The molecule has 42 heavy (non-hydrogen) atoms. The second kappa shape index (κ2) is 11.7. The van der Waals surface area contributed by atoms with Crippen molar-refractivity contribution in [2.45, 2.75) is 26.6 Å². The third-order valence-corrected chi connectivity index (χ3v) is 6.64. The summed E-state index contributed by atoms with van der Waals surface area (Å²) in [5, 5.41) is 14.3. The van der Waals surface area contributed by atoms with Crippen molar-refractivity contribution in [2.75, 3.05) is 11.9 Å². The van der Waals surface area contributed by atoms with Gasteiger partial charge in [-0.1, -0.05) is 23.2 Å². The van der Waals surface area contributed by atoms with Gasteiger partial charge in [-0.2, -0.15) is 15.2 Å². The zero-order valence-corrected chi connectivity index (χ0v) is 23.6. The lowest BCUT2D eigenvalue weighted by Crippen LogP contribution is -2.43. The molecule has 0 saturated heterocycles. The van der Waals surface area contributed by atoms with E-state index in [-0.39, 0.29) is 53.6 Å². The summed E-state index contributed by atoms with van der Waals surface area (Å²) in [6, 6.07) is 5.19. The lowest BCUT2D eigenvalue weighted by atomic mass is 10.2. The Balaban J connectivity index is 1.57. The number of aromatic nitrogens is 8. The number of rotatable bonds is 9. The molecule has 0 bridgehead atoms. The zero-order chi connectivity index (χ0) is 30.1. The molecular formula is C25H22Cl2F2N10O3. The van der Waals surface area contributed by atoms with Gasteiger partial charge in [0.05, 0.1) is 34.3 Å². The molecule has 0 fully saturated rings. The fourth-order valence-electron chi connectivity index (χ4n) is 4.18. The molecule has 13 nitrogen and oxygen atoms in total. The van der Waals surface area contributed by atoms with E-state index in [1.54, 1.807) is 32.3 Å². The fourth-order valence-corrected chi connectivity index (χ4v) is 4.61. The van der Waals surface area contributed by atoms with Crippen molar-refractivity contribution in [3.63, 3.8) is 0 Å². The van der Waals surface area contributed by atoms with Crippen LogP contribution in [0.1, 0.15) is 18.3 Å².